The SMILES string of the molecule is O=C([O-])c1ccc(Cl)c(NC(=O)c2ccc(N3CCCC3)cc2)c1. The van der Waals surface area contributed by atoms with E-state index in [1.54, 1.807) is 12.1 Å². The van der Waals surface area contributed by atoms with Crippen LogP contribution in [0.5, 0.6) is 0 Å². The second-order valence-electron chi connectivity index (χ2n) is 5.68. The van der Waals surface area contributed by atoms with Gasteiger partial charge >= 0.3 is 0 Å². The highest BCUT2D eigenvalue weighted by Crippen LogP contribution is 2.24. The number of hydrogen-bond donors (Lipinski definition) is 1. The molecule has 0 unspecified atom stereocenters. The molecule has 1 aliphatic rings. The fourth-order valence-electron chi connectivity index (χ4n) is 2.74. The van der Waals surface area contributed by atoms with E-state index in [2.05, 4.69) is 10.2 Å². The summed E-state index contributed by atoms with van der Waals surface area (Å²) in [6.07, 6.45) is 2.38. The number of anilines is 2. The van der Waals surface area contributed by atoms with E-state index in [-0.39, 0.29) is 22.2 Å². The summed E-state index contributed by atoms with van der Waals surface area (Å²) in [5, 5.41) is 13.8. The highest BCUT2D eigenvalue weighted by molar-refractivity contribution is 6.34. The van der Waals surface area contributed by atoms with E-state index in [4.69, 9.17) is 11.6 Å². The lowest BCUT2D eigenvalue weighted by Crippen LogP contribution is -2.22. The first-order valence-corrected chi connectivity index (χ1v) is 8.09. The number of hydrogen-bond acceptors (Lipinski definition) is 4. The number of aromatic carboxylic acids is 1. The largest absolute Gasteiger partial charge is 0.545 e. The van der Waals surface area contributed by atoms with E-state index in [1.165, 1.54) is 31.0 Å². The van der Waals surface area contributed by atoms with Crippen LogP contribution in [0.25, 0.3) is 0 Å². The molecule has 1 saturated heterocycles. The van der Waals surface area contributed by atoms with Crippen LogP contribution in [0.15, 0.2) is 42.5 Å². The lowest BCUT2D eigenvalue weighted by Gasteiger charge is -2.17. The summed E-state index contributed by atoms with van der Waals surface area (Å²) >= 11 is 6.01. The molecule has 1 fully saturated rings. The molecule has 1 N–H and O–H groups in total. The molecule has 1 heterocycles. The lowest BCUT2D eigenvalue weighted by atomic mass is 10.1. The van der Waals surface area contributed by atoms with Crippen molar-refractivity contribution < 1.29 is 14.7 Å². The number of carboxylic acids is 1. The Morgan fingerprint density at radius 3 is 2.25 bits per heavy atom. The van der Waals surface area contributed by atoms with Gasteiger partial charge in [0.15, 0.2) is 0 Å². The Morgan fingerprint density at radius 2 is 1.62 bits per heavy atom. The molecule has 2 aromatic carbocycles. The third kappa shape index (κ3) is 3.51. The van der Waals surface area contributed by atoms with Crippen molar-refractivity contribution in [3.63, 3.8) is 0 Å². The van der Waals surface area contributed by atoms with Crippen molar-refractivity contribution in [3.8, 4) is 0 Å². The van der Waals surface area contributed by atoms with Crippen LogP contribution in [0.2, 0.25) is 5.02 Å². The molecule has 0 aliphatic carbocycles. The summed E-state index contributed by atoms with van der Waals surface area (Å²) in [6.45, 7) is 2.08. The first kappa shape index (κ1) is 16.3. The number of amides is 1. The Hall–Kier alpha value is -2.53. The van der Waals surface area contributed by atoms with Crippen molar-refractivity contribution >= 4 is 34.9 Å². The third-order valence-corrected chi connectivity index (χ3v) is 4.38. The van der Waals surface area contributed by atoms with Crippen molar-refractivity contribution in [3.05, 3.63) is 58.6 Å². The van der Waals surface area contributed by atoms with Gasteiger partial charge in [-0.05, 0) is 54.8 Å². The van der Waals surface area contributed by atoms with Crippen LogP contribution in [0, 0.1) is 0 Å². The van der Waals surface area contributed by atoms with Gasteiger partial charge in [0.25, 0.3) is 5.91 Å². The molecular weight excluding hydrogens is 328 g/mol. The number of nitrogens with one attached hydrogen (secondary N) is 1. The number of benzene rings is 2. The fourth-order valence-corrected chi connectivity index (χ4v) is 2.91. The average Bonchev–Trinajstić information content (AvgIpc) is 3.11. The summed E-state index contributed by atoms with van der Waals surface area (Å²) in [6, 6.07) is 11.4. The maximum atomic E-state index is 12.3. The van der Waals surface area contributed by atoms with Crippen LogP contribution >= 0.6 is 11.6 Å². The van der Waals surface area contributed by atoms with Gasteiger partial charge < -0.3 is 20.1 Å². The molecular formula is C18H16ClN2O3-. The van der Waals surface area contributed by atoms with E-state index in [1.807, 2.05) is 12.1 Å². The quantitative estimate of drug-likeness (QED) is 0.926. The highest BCUT2D eigenvalue weighted by Gasteiger charge is 2.14. The topological polar surface area (TPSA) is 72.5 Å². The Balaban J connectivity index is 1.75. The van der Waals surface area contributed by atoms with Crippen LogP contribution in [0.3, 0.4) is 0 Å². The van der Waals surface area contributed by atoms with Crippen LogP contribution in [-0.2, 0) is 0 Å². The van der Waals surface area contributed by atoms with Crippen molar-refractivity contribution in [2.24, 2.45) is 0 Å². The predicted octanol–water partition coefficient (Wildman–Crippen LogP) is 2.56. The van der Waals surface area contributed by atoms with Gasteiger partial charge in [-0.3, -0.25) is 4.79 Å². The summed E-state index contributed by atoms with van der Waals surface area (Å²) in [5.74, 6) is -1.67. The third-order valence-electron chi connectivity index (χ3n) is 4.05. The number of nitrogens with zero attached hydrogens (tertiary/aromatic N) is 1. The lowest BCUT2D eigenvalue weighted by molar-refractivity contribution is -0.255. The van der Waals surface area contributed by atoms with Crippen LogP contribution in [0.4, 0.5) is 11.4 Å². The number of carboxylic acid groups (broad SMARTS) is 1. The fraction of sp³-hybridized carbons (Fsp3) is 0.222. The number of carbonyl (C=O) groups excluding carboxylic acids is 2. The van der Waals surface area contributed by atoms with Crippen LogP contribution in [0.1, 0.15) is 33.6 Å². The van der Waals surface area contributed by atoms with E-state index in [0.717, 1.165) is 18.8 Å². The van der Waals surface area contributed by atoms with E-state index < -0.39 is 5.97 Å². The molecule has 1 amide bonds. The number of halogens is 1. The molecule has 3 rings (SSSR count). The standard InChI is InChI=1S/C18H17ClN2O3/c19-15-8-5-13(18(23)24)11-16(15)20-17(22)12-3-6-14(7-4-12)21-9-1-2-10-21/h3-8,11H,1-2,9-10H2,(H,20,22)(H,23,24)/p-1. The maximum Gasteiger partial charge on any atom is 0.255 e. The van der Waals surface area contributed by atoms with Crippen molar-refractivity contribution in [2.45, 2.75) is 12.8 Å². The Bertz CT molecular complexity index is 768. The molecule has 24 heavy (non-hydrogen) atoms. The Labute approximate surface area is 144 Å². The molecule has 1 aliphatic heterocycles. The maximum absolute atomic E-state index is 12.3. The Morgan fingerprint density at radius 1 is 1.00 bits per heavy atom. The van der Waals surface area contributed by atoms with Crippen molar-refractivity contribution in [2.75, 3.05) is 23.3 Å². The van der Waals surface area contributed by atoms with E-state index in [9.17, 15) is 14.7 Å². The zero-order valence-corrected chi connectivity index (χ0v) is 13.7. The van der Waals surface area contributed by atoms with Gasteiger partial charge in [0.05, 0.1) is 16.7 Å². The number of carbonyl (C=O) groups is 2. The first-order chi connectivity index (χ1) is 11.5. The molecule has 124 valence electrons. The van der Waals surface area contributed by atoms with E-state index >= 15 is 0 Å². The van der Waals surface area contributed by atoms with Gasteiger partial charge in [-0.2, -0.15) is 0 Å². The normalized spacial score (nSPS) is 13.8. The molecule has 5 nitrogen and oxygen atoms in total. The second-order valence-corrected chi connectivity index (χ2v) is 6.08. The molecule has 0 spiro atoms. The van der Waals surface area contributed by atoms with Crippen molar-refractivity contribution in [1.82, 2.24) is 0 Å². The molecule has 0 atom stereocenters. The van der Waals surface area contributed by atoms with Crippen LogP contribution < -0.4 is 15.3 Å². The predicted molar refractivity (Wildman–Crippen MR) is 91.6 cm³/mol. The average molecular weight is 344 g/mol. The van der Waals surface area contributed by atoms with Gasteiger partial charge in [-0.25, -0.2) is 0 Å². The minimum atomic E-state index is -1.32. The second kappa shape index (κ2) is 6.93. The van der Waals surface area contributed by atoms with Gasteiger partial charge in [-0.1, -0.05) is 17.7 Å². The molecule has 2 aromatic rings. The summed E-state index contributed by atoms with van der Waals surface area (Å²) < 4.78 is 0. The molecule has 0 radical (unpaired) electrons. The van der Waals surface area contributed by atoms with Gasteiger partial charge in [0.2, 0.25) is 0 Å². The molecule has 0 saturated carbocycles. The minimum Gasteiger partial charge on any atom is -0.545 e. The van der Waals surface area contributed by atoms with E-state index in [0.29, 0.717) is 5.56 Å². The highest BCUT2D eigenvalue weighted by atomic mass is 35.5. The first-order valence-electron chi connectivity index (χ1n) is 7.72. The summed E-state index contributed by atoms with van der Waals surface area (Å²) in [4.78, 5) is 25.5. The van der Waals surface area contributed by atoms with Crippen molar-refractivity contribution in [1.29, 1.82) is 0 Å². The van der Waals surface area contributed by atoms with Crippen LogP contribution in [-0.4, -0.2) is 25.0 Å². The van der Waals surface area contributed by atoms with Gasteiger partial charge in [0.1, 0.15) is 0 Å². The number of rotatable bonds is 4. The smallest absolute Gasteiger partial charge is 0.255 e. The summed E-state index contributed by atoms with van der Waals surface area (Å²) in [7, 11) is 0. The van der Waals surface area contributed by atoms with Gasteiger partial charge in [0, 0.05) is 24.3 Å². The zero-order valence-electron chi connectivity index (χ0n) is 12.9. The molecule has 0 aromatic heterocycles. The van der Waals surface area contributed by atoms with Gasteiger partial charge in [-0.15, -0.1) is 0 Å². The summed E-state index contributed by atoms with van der Waals surface area (Å²) in [5.41, 5.74) is 1.78. The zero-order chi connectivity index (χ0) is 17.1. The minimum absolute atomic E-state index is 0.0425. The Kier molecular flexibility index (Phi) is 4.71. The monoisotopic (exact) mass is 343 g/mol. The molecule has 0 bridgehead atoms. The molecule has 6 heteroatoms.